The number of rotatable bonds is 4. The topological polar surface area (TPSA) is 49.4 Å². The number of amides is 2. The summed E-state index contributed by atoms with van der Waals surface area (Å²) < 4.78 is 0. The largest absolute Gasteiger partial charge is 0.338 e. The van der Waals surface area contributed by atoms with E-state index < -0.39 is 0 Å². The van der Waals surface area contributed by atoms with Gasteiger partial charge in [0.2, 0.25) is 5.91 Å². The molecule has 1 heterocycles. The van der Waals surface area contributed by atoms with Crippen LogP contribution in [0.1, 0.15) is 76.0 Å². The first-order valence-electron chi connectivity index (χ1n) is 10.9. The van der Waals surface area contributed by atoms with Crippen LogP contribution in [0.4, 0.5) is 5.69 Å². The van der Waals surface area contributed by atoms with E-state index in [1.54, 1.807) is 0 Å². The van der Waals surface area contributed by atoms with Crippen LogP contribution in [0.3, 0.4) is 0 Å². The third kappa shape index (κ3) is 4.53. The summed E-state index contributed by atoms with van der Waals surface area (Å²) >= 11 is 0. The molecule has 1 N–H and O–H groups in total. The molecule has 2 atom stereocenters. The lowest BCUT2D eigenvalue weighted by Gasteiger charge is -2.41. The molecule has 4 nitrogen and oxygen atoms in total. The molecule has 27 heavy (non-hydrogen) atoms. The zero-order valence-corrected chi connectivity index (χ0v) is 16.3. The number of nitrogens with one attached hydrogen (secondary N) is 1. The number of benzene rings is 1. The van der Waals surface area contributed by atoms with Gasteiger partial charge in [0.15, 0.2) is 0 Å². The zero-order chi connectivity index (χ0) is 18.6. The maximum atomic E-state index is 12.9. The summed E-state index contributed by atoms with van der Waals surface area (Å²) in [4.78, 5) is 27.1. The van der Waals surface area contributed by atoms with Gasteiger partial charge in [-0.25, -0.2) is 0 Å². The molecule has 4 rings (SSSR count). The van der Waals surface area contributed by atoms with Crippen molar-refractivity contribution < 1.29 is 11.0 Å². The number of hydrogen-bond donors (Lipinski definition) is 1. The molecule has 1 aliphatic heterocycles. The highest BCUT2D eigenvalue weighted by Crippen LogP contribution is 2.36. The standard InChI is InChI=1S/C23H32N2O2.H2/c26-22(15-17-5-1-2-6-17)24-21-11-9-19(10-12-21)23(27)25-14-13-18-7-3-4-8-20(18)16-25;/h9-12,17-18,20H,1-8,13-16H2,(H,24,26);1H/t18-,20-;/m0./s1. The molecule has 2 amide bonds. The average Bonchev–Trinajstić information content (AvgIpc) is 3.20. The molecular formula is C23H34N2O2. The Kier molecular flexibility index (Phi) is 5.80. The third-order valence-corrected chi connectivity index (χ3v) is 6.94. The molecule has 1 aromatic carbocycles. The molecule has 1 saturated heterocycles. The highest BCUT2D eigenvalue weighted by Gasteiger charge is 2.33. The maximum Gasteiger partial charge on any atom is 0.253 e. The van der Waals surface area contributed by atoms with Crippen molar-refractivity contribution in [2.24, 2.45) is 17.8 Å². The van der Waals surface area contributed by atoms with E-state index in [1.165, 1.54) is 51.4 Å². The number of likely N-dealkylation sites (tertiary alicyclic amines) is 1. The Balaban J connectivity index is 0.00000225. The lowest BCUT2D eigenvalue weighted by molar-refractivity contribution is -0.117. The van der Waals surface area contributed by atoms with Crippen molar-refractivity contribution in [3.8, 4) is 0 Å². The Bertz CT molecular complexity index is 670. The van der Waals surface area contributed by atoms with Crippen molar-refractivity contribution in [2.45, 2.75) is 64.2 Å². The Morgan fingerprint density at radius 1 is 0.926 bits per heavy atom. The summed E-state index contributed by atoms with van der Waals surface area (Å²) in [6.07, 6.45) is 12.0. The van der Waals surface area contributed by atoms with Crippen LogP contribution in [0.25, 0.3) is 0 Å². The molecule has 1 aromatic rings. The molecule has 0 radical (unpaired) electrons. The van der Waals surface area contributed by atoms with Gasteiger partial charge in [-0.3, -0.25) is 9.59 Å². The number of nitrogens with zero attached hydrogens (tertiary/aromatic N) is 1. The van der Waals surface area contributed by atoms with Gasteiger partial charge >= 0.3 is 0 Å². The number of carbonyl (C=O) groups is 2. The molecule has 0 aromatic heterocycles. The first-order valence-corrected chi connectivity index (χ1v) is 10.9. The summed E-state index contributed by atoms with van der Waals surface area (Å²) in [5.74, 6) is 2.32. The van der Waals surface area contributed by atoms with Gasteiger partial charge in [-0.1, -0.05) is 32.1 Å². The van der Waals surface area contributed by atoms with E-state index in [-0.39, 0.29) is 13.2 Å². The predicted octanol–water partition coefficient (Wildman–Crippen LogP) is 5.10. The smallest absolute Gasteiger partial charge is 0.253 e. The Labute approximate surface area is 164 Å². The molecule has 0 unspecified atom stereocenters. The molecule has 2 saturated carbocycles. The van der Waals surface area contributed by atoms with Crippen LogP contribution < -0.4 is 5.32 Å². The van der Waals surface area contributed by atoms with E-state index in [0.717, 1.165) is 36.7 Å². The van der Waals surface area contributed by atoms with Crippen LogP contribution in [0.15, 0.2) is 24.3 Å². The minimum absolute atomic E-state index is 0. The maximum absolute atomic E-state index is 12.9. The fraction of sp³-hybridized carbons (Fsp3) is 0.652. The molecular weight excluding hydrogens is 336 g/mol. The van der Waals surface area contributed by atoms with Gasteiger partial charge in [0, 0.05) is 32.2 Å². The number of fused-ring (bicyclic) bond motifs is 1. The third-order valence-electron chi connectivity index (χ3n) is 6.94. The van der Waals surface area contributed by atoms with Crippen LogP contribution in [-0.2, 0) is 4.79 Å². The van der Waals surface area contributed by atoms with Crippen molar-refractivity contribution in [3.05, 3.63) is 29.8 Å². The van der Waals surface area contributed by atoms with Crippen molar-refractivity contribution >= 4 is 17.5 Å². The Morgan fingerprint density at radius 3 is 2.33 bits per heavy atom. The van der Waals surface area contributed by atoms with Gasteiger partial charge in [0.1, 0.15) is 0 Å². The molecule has 2 aliphatic carbocycles. The molecule has 0 spiro atoms. The number of carbonyl (C=O) groups excluding carboxylic acids is 2. The molecule has 3 aliphatic rings. The lowest BCUT2D eigenvalue weighted by Crippen LogP contribution is -2.44. The van der Waals surface area contributed by atoms with E-state index in [1.807, 2.05) is 29.2 Å². The van der Waals surface area contributed by atoms with E-state index in [0.29, 0.717) is 18.3 Å². The molecule has 148 valence electrons. The summed E-state index contributed by atoms with van der Waals surface area (Å²) in [6, 6.07) is 7.46. The van der Waals surface area contributed by atoms with Crippen LogP contribution in [0.2, 0.25) is 0 Å². The Hall–Kier alpha value is -1.84. The average molecular weight is 371 g/mol. The van der Waals surface area contributed by atoms with Gasteiger partial charge < -0.3 is 10.2 Å². The summed E-state index contributed by atoms with van der Waals surface area (Å²) in [6.45, 7) is 1.81. The zero-order valence-electron chi connectivity index (χ0n) is 16.3. The monoisotopic (exact) mass is 370 g/mol. The fourth-order valence-corrected chi connectivity index (χ4v) is 5.35. The second-order valence-corrected chi connectivity index (χ2v) is 8.82. The first kappa shape index (κ1) is 18.5. The number of piperidine rings is 1. The van der Waals surface area contributed by atoms with Crippen molar-refractivity contribution in [1.29, 1.82) is 0 Å². The SMILES string of the molecule is O=C(CC1CCCC1)Nc1ccc(C(=O)N2CC[C@@H]3CCCC[C@H]3C2)cc1.[HH]. The summed E-state index contributed by atoms with van der Waals surface area (Å²) in [5.41, 5.74) is 1.53. The van der Waals surface area contributed by atoms with Gasteiger partial charge in [-0.2, -0.15) is 0 Å². The quantitative estimate of drug-likeness (QED) is 0.801. The summed E-state index contributed by atoms with van der Waals surface area (Å²) in [7, 11) is 0. The summed E-state index contributed by atoms with van der Waals surface area (Å²) in [5, 5.41) is 2.99. The van der Waals surface area contributed by atoms with Gasteiger partial charge in [-0.05, 0) is 67.7 Å². The van der Waals surface area contributed by atoms with Crippen molar-refractivity contribution in [2.75, 3.05) is 18.4 Å². The fourth-order valence-electron chi connectivity index (χ4n) is 5.35. The lowest BCUT2D eigenvalue weighted by atomic mass is 9.75. The van der Waals surface area contributed by atoms with Crippen LogP contribution in [-0.4, -0.2) is 29.8 Å². The minimum atomic E-state index is 0. The van der Waals surface area contributed by atoms with Crippen LogP contribution in [0.5, 0.6) is 0 Å². The van der Waals surface area contributed by atoms with E-state index in [2.05, 4.69) is 5.32 Å². The predicted molar refractivity (Wildman–Crippen MR) is 110 cm³/mol. The first-order chi connectivity index (χ1) is 13.2. The van der Waals surface area contributed by atoms with Gasteiger partial charge in [0.05, 0.1) is 0 Å². The molecule has 3 fully saturated rings. The number of anilines is 1. The van der Waals surface area contributed by atoms with E-state index >= 15 is 0 Å². The highest BCUT2D eigenvalue weighted by molar-refractivity contribution is 5.96. The van der Waals surface area contributed by atoms with Crippen molar-refractivity contribution in [1.82, 2.24) is 4.90 Å². The second-order valence-electron chi connectivity index (χ2n) is 8.82. The van der Waals surface area contributed by atoms with Crippen LogP contribution in [0, 0.1) is 17.8 Å². The van der Waals surface area contributed by atoms with Crippen molar-refractivity contribution in [3.63, 3.8) is 0 Å². The Morgan fingerprint density at radius 2 is 1.59 bits per heavy atom. The van der Waals surface area contributed by atoms with E-state index in [4.69, 9.17) is 0 Å². The highest BCUT2D eigenvalue weighted by atomic mass is 16.2. The normalized spacial score (nSPS) is 25.9. The number of hydrogen-bond acceptors (Lipinski definition) is 2. The van der Waals surface area contributed by atoms with Gasteiger partial charge in [-0.15, -0.1) is 0 Å². The molecule has 0 bridgehead atoms. The molecule has 4 heteroatoms. The minimum Gasteiger partial charge on any atom is -0.338 e. The van der Waals surface area contributed by atoms with E-state index in [9.17, 15) is 9.59 Å². The van der Waals surface area contributed by atoms with Gasteiger partial charge in [0.25, 0.3) is 5.91 Å². The second kappa shape index (κ2) is 8.45. The van der Waals surface area contributed by atoms with Crippen LogP contribution >= 0.6 is 0 Å².